The highest BCUT2D eigenvalue weighted by molar-refractivity contribution is 5.85. The van der Waals surface area contributed by atoms with Crippen LogP contribution in [0.1, 0.15) is 44.2 Å². The number of nitrogens with zero attached hydrogens (tertiary/aromatic N) is 2. The van der Waals surface area contributed by atoms with Gasteiger partial charge in [-0.2, -0.15) is 5.10 Å². The summed E-state index contributed by atoms with van der Waals surface area (Å²) in [5, 5.41) is 4.13. The van der Waals surface area contributed by atoms with E-state index in [4.69, 9.17) is 5.73 Å². The molecule has 0 aliphatic heterocycles. The molecule has 100 valence electrons. The van der Waals surface area contributed by atoms with Crippen molar-refractivity contribution in [3.05, 3.63) is 18.0 Å². The average molecular weight is 249 g/mol. The van der Waals surface area contributed by atoms with E-state index in [2.05, 4.69) is 5.10 Å². The molecule has 4 heteroatoms. The minimum Gasteiger partial charge on any atom is -0.329 e. The van der Waals surface area contributed by atoms with Crippen molar-refractivity contribution in [3.63, 3.8) is 0 Å². The molecule has 1 aromatic rings. The molecule has 1 aliphatic rings. The van der Waals surface area contributed by atoms with Crippen LogP contribution < -0.4 is 5.73 Å². The van der Waals surface area contributed by atoms with Gasteiger partial charge in [-0.25, -0.2) is 0 Å². The normalized spacial score (nSPS) is 18.8. The Balaban J connectivity index is 1.96. The van der Waals surface area contributed by atoms with Crippen LogP contribution in [0.2, 0.25) is 0 Å². The molecule has 4 nitrogen and oxygen atoms in total. The van der Waals surface area contributed by atoms with Gasteiger partial charge in [0.05, 0.1) is 0 Å². The van der Waals surface area contributed by atoms with Crippen molar-refractivity contribution in [3.8, 4) is 0 Å². The summed E-state index contributed by atoms with van der Waals surface area (Å²) in [6, 6.07) is 1.98. The summed E-state index contributed by atoms with van der Waals surface area (Å²) in [6.07, 6.45) is 8.65. The molecule has 0 atom stereocenters. The lowest BCUT2D eigenvalue weighted by Gasteiger charge is -2.34. The Morgan fingerprint density at radius 1 is 1.44 bits per heavy atom. The number of hydrogen-bond donors (Lipinski definition) is 1. The van der Waals surface area contributed by atoms with E-state index in [-0.39, 0.29) is 5.41 Å². The topological polar surface area (TPSA) is 60.9 Å². The van der Waals surface area contributed by atoms with Crippen LogP contribution in [0.5, 0.6) is 0 Å². The van der Waals surface area contributed by atoms with Gasteiger partial charge in [0.15, 0.2) is 0 Å². The fraction of sp³-hybridized carbons (Fsp3) is 0.714. The lowest BCUT2D eigenvalue weighted by molar-refractivity contribution is -0.130. The molecular weight excluding hydrogens is 226 g/mol. The second kappa shape index (κ2) is 5.65. The van der Waals surface area contributed by atoms with Crippen LogP contribution in [0.15, 0.2) is 12.3 Å². The van der Waals surface area contributed by atoms with Crippen LogP contribution in [0.4, 0.5) is 0 Å². The zero-order chi connectivity index (χ0) is 13.0. The van der Waals surface area contributed by atoms with E-state index in [1.807, 2.05) is 17.8 Å². The van der Waals surface area contributed by atoms with Crippen molar-refractivity contribution in [2.75, 3.05) is 6.54 Å². The van der Waals surface area contributed by atoms with Gasteiger partial charge < -0.3 is 5.73 Å². The third kappa shape index (κ3) is 2.64. The van der Waals surface area contributed by atoms with Gasteiger partial charge >= 0.3 is 0 Å². The molecule has 0 spiro atoms. The van der Waals surface area contributed by atoms with Crippen LogP contribution in [-0.2, 0) is 18.3 Å². The molecule has 0 radical (unpaired) electrons. The SMILES string of the molecule is Cn1nccc1CCC(=O)C1(CN)CCCCC1. The fourth-order valence-electron chi connectivity index (χ4n) is 2.98. The quantitative estimate of drug-likeness (QED) is 0.866. The summed E-state index contributed by atoms with van der Waals surface area (Å²) in [5.41, 5.74) is 6.77. The highest BCUT2D eigenvalue weighted by Crippen LogP contribution is 2.37. The molecule has 0 aromatic carbocycles. The zero-order valence-corrected chi connectivity index (χ0v) is 11.2. The maximum absolute atomic E-state index is 12.4. The molecule has 2 rings (SSSR count). The van der Waals surface area contributed by atoms with Gasteiger partial charge in [-0.05, 0) is 25.3 Å². The molecule has 1 heterocycles. The Kier molecular flexibility index (Phi) is 4.17. The smallest absolute Gasteiger partial charge is 0.140 e. The van der Waals surface area contributed by atoms with Gasteiger partial charge in [-0.15, -0.1) is 0 Å². The molecule has 0 unspecified atom stereocenters. The zero-order valence-electron chi connectivity index (χ0n) is 11.2. The third-order valence-electron chi connectivity index (χ3n) is 4.32. The van der Waals surface area contributed by atoms with E-state index in [9.17, 15) is 4.79 Å². The van der Waals surface area contributed by atoms with E-state index in [1.54, 1.807) is 6.20 Å². The number of hydrogen-bond acceptors (Lipinski definition) is 3. The minimum atomic E-state index is -0.225. The van der Waals surface area contributed by atoms with Crippen molar-refractivity contribution < 1.29 is 4.79 Å². The second-order valence-electron chi connectivity index (χ2n) is 5.41. The number of carbonyl (C=O) groups excluding carboxylic acids is 1. The van der Waals surface area contributed by atoms with E-state index in [1.165, 1.54) is 6.42 Å². The summed E-state index contributed by atoms with van der Waals surface area (Å²) in [5.74, 6) is 0.353. The van der Waals surface area contributed by atoms with Crippen molar-refractivity contribution in [2.45, 2.75) is 44.9 Å². The lowest BCUT2D eigenvalue weighted by Crippen LogP contribution is -2.40. The Labute approximate surface area is 109 Å². The van der Waals surface area contributed by atoms with E-state index < -0.39 is 0 Å². The number of carbonyl (C=O) groups is 1. The Hall–Kier alpha value is -1.16. The fourth-order valence-corrected chi connectivity index (χ4v) is 2.98. The predicted octanol–water partition coefficient (Wildman–Crippen LogP) is 1.83. The standard InChI is InChI=1S/C14H23N3O/c1-17-12(7-10-16-17)5-6-13(18)14(11-15)8-3-2-4-9-14/h7,10H,2-6,8-9,11,15H2,1H3. The highest BCUT2D eigenvalue weighted by atomic mass is 16.1. The van der Waals surface area contributed by atoms with Crippen LogP contribution >= 0.6 is 0 Å². The van der Waals surface area contributed by atoms with Gasteiger partial charge in [-0.3, -0.25) is 9.48 Å². The van der Waals surface area contributed by atoms with Crippen LogP contribution in [0, 0.1) is 5.41 Å². The van der Waals surface area contributed by atoms with Gasteiger partial charge in [0.1, 0.15) is 5.78 Å². The van der Waals surface area contributed by atoms with Crippen LogP contribution in [0.3, 0.4) is 0 Å². The number of rotatable bonds is 5. The van der Waals surface area contributed by atoms with Crippen molar-refractivity contribution in [1.29, 1.82) is 0 Å². The summed E-state index contributed by atoms with van der Waals surface area (Å²) < 4.78 is 1.84. The lowest BCUT2D eigenvalue weighted by atomic mass is 9.70. The molecule has 1 aromatic heterocycles. The predicted molar refractivity (Wildman–Crippen MR) is 71.1 cm³/mol. The van der Waals surface area contributed by atoms with E-state index in [0.717, 1.165) is 37.8 Å². The first kappa shape index (κ1) is 13.3. The molecule has 2 N–H and O–H groups in total. The summed E-state index contributed by atoms with van der Waals surface area (Å²) in [7, 11) is 1.92. The number of nitrogens with two attached hydrogens (primary N) is 1. The molecule has 18 heavy (non-hydrogen) atoms. The van der Waals surface area contributed by atoms with Gasteiger partial charge in [-0.1, -0.05) is 19.3 Å². The second-order valence-corrected chi connectivity index (χ2v) is 5.41. The van der Waals surface area contributed by atoms with Crippen molar-refractivity contribution in [2.24, 2.45) is 18.2 Å². The average Bonchev–Trinajstić information content (AvgIpc) is 2.82. The maximum atomic E-state index is 12.4. The first-order chi connectivity index (χ1) is 8.68. The minimum absolute atomic E-state index is 0.225. The summed E-state index contributed by atoms with van der Waals surface area (Å²) in [6.45, 7) is 0.511. The number of ketones is 1. The molecule has 0 bridgehead atoms. The number of Topliss-reactive ketones (excluding diaryl/α,β-unsaturated/α-hetero) is 1. The number of aryl methyl sites for hydroxylation is 2. The van der Waals surface area contributed by atoms with E-state index in [0.29, 0.717) is 18.7 Å². The summed E-state index contributed by atoms with van der Waals surface area (Å²) >= 11 is 0. The molecule has 1 fully saturated rings. The first-order valence-corrected chi connectivity index (χ1v) is 6.88. The molecule has 0 saturated heterocycles. The van der Waals surface area contributed by atoms with Crippen LogP contribution in [0.25, 0.3) is 0 Å². The Morgan fingerprint density at radius 2 is 2.17 bits per heavy atom. The van der Waals surface area contributed by atoms with Crippen molar-refractivity contribution in [1.82, 2.24) is 9.78 Å². The first-order valence-electron chi connectivity index (χ1n) is 6.88. The van der Waals surface area contributed by atoms with Gasteiger partial charge in [0, 0.05) is 37.3 Å². The Bertz CT molecular complexity index is 405. The molecule has 0 amide bonds. The van der Waals surface area contributed by atoms with Crippen molar-refractivity contribution >= 4 is 5.78 Å². The largest absolute Gasteiger partial charge is 0.329 e. The van der Waals surface area contributed by atoms with Crippen LogP contribution in [-0.4, -0.2) is 22.1 Å². The van der Waals surface area contributed by atoms with Gasteiger partial charge in [0.25, 0.3) is 0 Å². The molecule has 1 aliphatic carbocycles. The maximum Gasteiger partial charge on any atom is 0.140 e. The highest BCUT2D eigenvalue weighted by Gasteiger charge is 2.37. The number of aromatic nitrogens is 2. The monoisotopic (exact) mass is 249 g/mol. The Morgan fingerprint density at radius 3 is 2.72 bits per heavy atom. The molecule has 1 saturated carbocycles. The van der Waals surface area contributed by atoms with Gasteiger partial charge in [0.2, 0.25) is 0 Å². The molecular formula is C14H23N3O. The summed E-state index contributed by atoms with van der Waals surface area (Å²) in [4.78, 5) is 12.4. The third-order valence-corrected chi connectivity index (χ3v) is 4.32. The van der Waals surface area contributed by atoms with E-state index >= 15 is 0 Å².